The first-order valence-electron chi connectivity index (χ1n) is 9.18. The molecule has 0 aliphatic carbocycles. The SMILES string of the molecule is CCCCOCCCNC(=NC)NCCc1ccc(OCC(N)=O)cc1. The average molecular weight is 364 g/mol. The summed E-state index contributed by atoms with van der Waals surface area (Å²) in [5.74, 6) is 0.948. The van der Waals surface area contributed by atoms with Gasteiger partial charge in [-0.3, -0.25) is 9.79 Å². The minimum atomic E-state index is -0.482. The van der Waals surface area contributed by atoms with Crippen LogP contribution in [0.2, 0.25) is 0 Å². The second kappa shape index (κ2) is 13.9. The Kier molecular flexibility index (Phi) is 11.7. The van der Waals surface area contributed by atoms with Crippen LogP contribution in [-0.4, -0.2) is 51.8 Å². The molecule has 0 bridgehead atoms. The van der Waals surface area contributed by atoms with E-state index >= 15 is 0 Å². The van der Waals surface area contributed by atoms with Crippen molar-refractivity contribution in [1.82, 2.24) is 10.6 Å². The maximum atomic E-state index is 10.7. The summed E-state index contributed by atoms with van der Waals surface area (Å²) in [6, 6.07) is 7.62. The van der Waals surface area contributed by atoms with Gasteiger partial charge in [0.2, 0.25) is 0 Å². The summed E-state index contributed by atoms with van der Waals surface area (Å²) in [6.45, 7) is 5.27. The smallest absolute Gasteiger partial charge is 0.255 e. The zero-order chi connectivity index (χ0) is 19.0. The van der Waals surface area contributed by atoms with Crippen LogP contribution in [0, 0.1) is 0 Å². The Labute approximate surface area is 156 Å². The highest BCUT2D eigenvalue weighted by Gasteiger charge is 2.00. The van der Waals surface area contributed by atoms with Crippen molar-refractivity contribution < 1.29 is 14.3 Å². The third kappa shape index (κ3) is 10.6. The summed E-state index contributed by atoms with van der Waals surface area (Å²) >= 11 is 0. The van der Waals surface area contributed by atoms with Crippen molar-refractivity contribution in [3.8, 4) is 5.75 Å². The molecule has 0 aliphatic rings. The number of rotatable bonds is 13. The summed E-state index contributed by atoms with van der Waals surface area (Å²) in [4.78, 5) is 14.9. The first-order chi connectivity index (χ1) is 12.7. The molecule has 0 saturated heterocycles. The lowest BCUT2D eigenvalue weighted by Crippen LogP contribution is -2.39. The van der Waals surface area contributed by atoms with E-state index < -0.39 is 5.91 Å². The molecule has 0 atom stereocenters. The molecule has 146 valence electrons. The van der Waals surface area contributed by atoms with Crippen LogP contribution in [0.1, 0.15) is 31.7 Å². The number of guanidine groups is 1. The topological polar surface area (TPSA) is 98.0 Å². The summed E-state index contributed by atoms with van der Waals surface area (Å²) in [7, 11) is 1.76. The van der Waals surface area contributed by atoms with Crippen LogP contribution in [0.5, 0.6) is 5.75 Å². The first kappa shape index (κ1) is 21.8. The van der Waals surface area contributed by atoms with Crippen LogP contribution in [0.4, 0.5) is 0 Å². The zero-order valence-electron chi connectivity index (χ0n) is 15.9. The van der Waals surface area contributed by atoms with Crippen molar-refractivity contribution in [2.45, 2.75) is 32.6 Å². The molecule has 0 spiro atoms. The van der Waals surface area contributed by atoms with Gasteiger partial charge < -0.3 is 25.8 Å². The van der Waals surface area contributed by atoms with E-state index in [1.54, 1.807) is 7.05 Å². The summed E-state index contributed by atoms with van der Waals surface area (Å²) < 4.78 is 10.8. The van der Waals surface area contributed by atoms with E-state index in [1.807, 2.05) is 24.3 Å². The maximum Gasteiger partial charge on any atom is 0.255 e. The number of ether oxygens (including phenoxy) is 2. The summed E-state index contributed by atoms with van der Waals surface area (Å²) in [5, 5.41) is 6.57. The van der Waals surface area contributed by atoms with Crippen LogP contribution >= 0.6 is 0 Å². The zero-order valence-corrected chi connectivity index (χ0v) is 15.9. The molecule has 1 aromatic rings. The van der Waals surface area contributed by atoms with Crippen LogP contribution in [0.3, 0.4) is 0 Å². The summed E-state index contributed by atoms with van der Waals surface area (Å²) in [5.41, 5.74) is 6.22. The molecule has 1 amide bonds. The second-order valence-electron chi connectivity index (χ2n) is 5.89. The molecule has 0 aromatic heterocycles. The number of hydrogen-bond acceptors (Lipinski definition) is 4. The minimum Gasteiger partial charge on any atom is -0.484 e. The lowest BCUT2D eigenvalue weighted by Gasteiger charge is -2.12. The van der Waals surface area contributed by atoms with E-state index in [2.05, 4.69) is 22.5 Å². The highest BCUT2D eigenvalue weighted by molar-refractivity contribution is 5.79. The van der Waals surface area contributed by atoms with Crippen molar-refractivity contribution in [3.05, 3.63) is 29.8 Å². The fourth-order valence-corrected chi connectivity index (χ4v) is 2.18. The Balaban J connectivity index is 2.16. The molecule has 7 nitrogen and oxygen atoms in total. The number of primary amides is 1. The van der Waals surface area contributed by atoms with Gasteiger partial charge in [-0.15, -0.1) is 0 Å². The van der Waals surface area contributed by atoms with Gasteiger partial charge in [0.1, 0.15) is 5.75 Å². The fourth-order valence-electron chi connectivity index (χ4n) is 2.18. The number of nitrogens with two attached hydrogens (primary N) is 1. The van der Waals surface area contributed by atoms with Crippen molar-refractivity contribution in [3.63, 3.8) is 0 Å². The van der Waals surface area contributed by atoms with Gasteiger partial charge in [-0.2, -0.15) is 0 Å². The normalized spacial score (nSPS) is 11.2. The third-order valence-corrected chi connectivity index (χ3v) is 3.63. The van der Waals surface area contributed by atoms with Crippen LogP contribution in [-0.2, 0) is 16.0 Å². The molecule has 0 unspecified atom stereocenters. The number of unbranched alkanes of at least 4 members (excludes halogenated alkanes) is 1. The van der Waals surface area contributed by atoms with Gasteiger partial charge >= 0.3 is 0 Å². The summed E-state index contributed by atoms with van der Waals surface area (Å²) in [6.07, 6.45) is 4.10. The van der Waals surface area contributed by atoms with Gasteiger partial charge in [-0.1, -0.05) is 25.5 Å². The molecular formula is C19H32N4O3. The third-order valence-electron chi connectivity index (χ3n) is 3.63. The predicted octanol–water partition coefficient (Wildman–Crippen LogP) is 1.47. The average Bonchev–Trinajstić information content (AvgIpc) is 2.65. The Morgan fingerprint density at radius 1 is 1.12 bits per heavy atom. The molecule has 1 rings (SSSR count). The molecule has 0 radical (unpaired) electrons. The highest BCUT2D eigenvalue weighted by atomic mass is 16.5. The van der Waals surface area contributed by atoms with E-state index in [1.165, 1.54) is 5.56 Å². The number of nitrogens with zero attached hydrogens (tertiary/aromatic N) is 1. The van der Waals surface area contributed by atoms with Gasteiger partial charge in [0.15, 0.2) is 12.6 Å². The van der Waals surface area contributed by atoms with Gasteiger partial charge in [0.25, 0.3) is 5.91 Å². The van der Waals surface area contributed by atoms with Crippen molar-refractivity contribution >= 4 is 11.9 Å². The lowest BCUT2D eigenvalue weighted by atomic mass is 10.1. The molecule has 4 N–H and O–H groups in total. The molecule has 0 saturated carbocycles. The molecule has 7 heteroatoms. The molecule has 0 fully saturated rings. The van der Waals surface area contributed by atoms with Gasteiger partial charge in [-0.05, 0) is 37.0 Å². The Morgan fingerprint density at radius 3 is 2.46 bits per heavy atom. The quantitative estimate of drug-likeness (QED) is 0.280. The minimum absolute atomic E-state index is 0.105. The monoisotopic (exact) mass is 364 g/mol. The first-order valence-corrected chi connectivity index (χ1v) is 9.18. The number of hydrogen-bond donors (Lipinski definition) is 3. The van der Waals surface area contributed by atoms with Crippen LogP contribution in [0.15, 0.2) is 29.3 Å². The number of amides is 1. The lowest BCUT2D eigenvalue weighted by molar-refractivity contribution is -0.119. The molecule has 0 aliphatic heterocycles. The number of carbonyl (C=O) groups excluding carboxylic acids is 1. The predicted molar refractivity (Wildman–Crippen MR) is 105 cm³/mol. The molecule has 0 heterocycles. The van der Waals surface area contributed by atoms with Crippen molar-refractivity contribution in [2.24, 2.45) is 10.7 Å². The Hall–Kier alpha value is -2.28. The van der Waals surface area contributed by atoms with Crippen molar-refractivity contribution in [1.29, 1.82) is 0 Å². The van der Waals surface area contributed by atoms with E-state index in [0.717, 1.165) is 57.9 Å². The Bertz CT molecular complexity index is 532. The molecule has 1 aromatic carbocycles. The number of carbonyl (C=O) groups is 1. The number of benzene rings is 1. The fraction of sp³-hybridized carbons (Fsp3) is 0.579. The standard InChI is InChI=1S/C19H32N4O3/c1-3-4-13-25-14-5-11-22-19(21-2)23-12-10-16-6-8-17(9-7-16)26-15-18(20)24/h6-9H,3-5,10-15H2,1-2H3,(H2,20,24)(H2,21,22,23). The Morgan fingerprint density at radius 2 is 1.81 bits per heavy atom. The van der Waals surface area contributed by atoms with Crippen molar-refractivity contribution in [2.75, 3.05) is 40.0 Å². The molecule has 26 heavy (non-hydrogen) atoms. The number of aliphatic imine (C=N–C) groups is 1. The maximum absolute atomic E-state index is 10.7. The number of nitrogens with one attached hydrogen (secondary N) is 2. The molecular weight excluding hydrogens is 332 g/mol. The second-order valence-corrected chi connectivity index (χ2v) is 5.89. The van der Waals surface area contributed by atoms with E-state index in [-0.39, 0.29) is 6.61 Å². The van der Waals surface area contributed by atoms with Crippen LogP contribution < -0.4 is 21.1 Å². The van der Waals surface area contributed by atoms with Crippen LogP contribution in [0.25, 0.3) is 0 Å². The highest BCUT2D eigenvalue weighted by Crippen LogP contribution is 2.12. The van der Waals surface area contributed by atoms with Gasteiger partial charge in [0.05, 0.1) is 0 Å². The van der Waals surface area contributed by atoms with Gasteiger partial charge in [0, 0.05) is 33.4 Å². The van der Waals surface area contributed by atoms with Gasteiger partial charge in [-0.25, -0.2) is 0 Å². The van der Waals surface area contributed by atoms with E-state index in [4.69, 9.17) is 15.2 Å². The van der Waals surface area contributed by atoms with E-state index in [0.29, 0.717) is 5.75 Å². The van der Waals surface area contributed by atoms with E-state index in [9.17, 15) is 4.79 Å². The largest absolute Gasteiger partial charge is 0.484 e.